The Morgan fingerprint density at radius 1 is 1.88 bits per heavy atom. The van der Waals surface area contributed by atoms with Crippen molar-refractivity contribution in [3.8, 4) is 0 Å². The van der Waals surface area contributed by atoms with Gasteiger partial charge in [-0.2, -0.15) is 0 Å². The van der Waals surface area contributed by atoms with Crippen LogP contribution in [0.15, 0.2) is 0 Å². The van der Waals surface area contributed by atoms with Crippen LogP contribution in [0.1, 0.15) is 0 Å². The molecular weight excluding hydrogens is 144 g/mol. The molecule has 5 heteroatoms. The zero-order chi connectivity index (χ0) is 6.15. The van der Waals surface area contributed by atoms with Crippen molar-refractivity contribution < 1.29 is 4.79 Å². The topological polar surface area (TPSA) is 55.1 Å². The van der Waals surface area contributed by atoms with Gasteiger partial charge < -0.3 is 0 Å². The molecule has 1 rings (SSSR count). The van der Waals surface area contributed by atoms with E-state index in [1.54, 1.807) is 0 Å². The van der Waals surface area contributed by atoms with E-state index < -0.39 is 11.1 Å². The van der Waals surface area contributed by atoms with Gasteiger partial charge in [-0.3, -0.25) is 10.1 Å². The van der Waals surface area contributed by atoms with E-state index in [2.05, 4.69) is 17.5 Å². The first-order valence-corrected chi connectivity index (χ1v) is 3.86. The fraction of sp³-hybridized carbons (Fsp3) is 0.333. The quantitative estimate of drug-likeness (QED) is 0.339. The van der Waals surface area contributed by atoms with Crippen molar-refractivity contribution in [3.05, 3.63) is 0 Å². The van der Waals surface area contributed by atoms with Crippen LogP contribution in [-0.4, -0.2) is 16.0 Å². The maximum atomic E-state index is 10.4. The summed E-state index contributed by atoms with van der Waals surface area (Å²) >= 11 is 4.20. The van der Waals surface area contributed by atoms with Crippen molar-refractivity contribution in [2.75, 3.05) is 5.75 Å². The van der Waals surface area contributed by atoms with Crippen LogP contribution in [0.25, 0.3) is 0 Å². The molecule has 0 aromatic rings. The molecule has 1 aliphatic rings. The molecule has 1 fully saturated rings. The molecule has 8 heavy (non-hydrogen) atoms. The minimum Gasteiger partial charge on any atom is -0.271 e. The van der Waals surface area contributed by atoms with Crippen LogP contribution >= 0.6 is 12.2 Å². The van der Waals surface area contributed by atoms with E-state index in [-0.39, 0.29) is 5.91 Å². The molecule has 1 atom stereocenters. The lowest BCUT2D eigenvalue weighted by Gasteiger charge is -1.80. The molecule has 0 bridgehead atoms. The normalized spacial score (nSPS) is 28.4. The first-order chi connectivity index (χ1) is 3.70. The maximum Gasteiger partial charge on any atom is 0.315 e. The predicted molar refractivity (Wildman–Crippen MR) is 37.2 cm³/mol. The van der Waals surface area contributed by atoms with Gasteiger partial charge in [-0.05, 0) is 12.2 Å². The first-order valence-electron chi connectivity index (χ1n) is 1.99. The van der Waals surface area contributed by atoms with E-state index in [1.807, 2.05) is 0 Å². The summed E-state index contributed by atoms with van der Waals surface area (Å²) in [6, 6.07) is 0. The van der Waals surface area contributed by atoms with Gasteiger partial charge in [0.25, 0.3) is 5.91 Å². The Kier molecular flexibility index (Phi) is 1.50. The lowest BCUT2D eigenvalue weighted by atomic mass is 10.7. The van der Waals surface area contributed by atoms with Gasteiger partial charge in [0.05, 0.1) is 0 Å². The fourth-order valence-corrected chi connectivity index (χ4v) is 1.44. The SMILES string of the molecule is N[S+]1CC(=O)NC1=S. The Morgan fingerprint density at radius 2 is 2.50 bits per heavy atom. The molecule has 3 nitrogen and oxygen atoms in total. The molecule has 1 aliphatic heterocycles. The molecule has 0 aliphatic carbocycles. The molecule has 0 radical (unpaired) electrons. The van der Waals surface area contributed by atoms with Gasteiger partial charge in [-0.25, -0.2) is 0 Å². The number of rotatable bonds is 0. The van der Waals surface area contributed by atoms with Crippen LogP contribution in [0, 0.1) is 0 Å². The lowest BCUT2D eigenvalue weighted by Crippen LogP contribution is -2.24. The van der Waals surface area contributed by atoms with Gasteiger partial charge in [-0.1, -0.05) is 0 Å². The number of thiocarbonyl (C=S) groups is 1. The third-order valence-electron chi connectivity index (χ3n) is 0.766. The molecule has 3 N–H and O–H groups in total. The van der Waals surface area contributed by atoms with E-state index >= 15 is 0 Å². The van der Waals surface area contributed by atoms with Gasteiger partial charge in [-0.15, -0.1) is 5.14 Å². The Morgan fingerprint density at radius 3 is 2.62 bits per heavy atom. The summed E-state index contributed by atoms with van der Waals surface area (Å²) in [6.45, 7) is 0. The third kappa shape index (κ3) is 0.988. The van der Waals surface area contributed by atoms with Crippen LogP contribution < -0.4 is 10.5 Å². The number of carbonyl (C=O) groups is 1. The molecule has 44 valence electrons. The summed E-state index contributed by atoms with van der Waals surface area (Å²) in [6.07, 6.45) is 0. The largest absolute Gasteiger partial charge is 0.315 e. The summed E-state index contributed by atoms with van der Waals surface area (Å²) < 4.78 is 0.495. The molecule has 1 amide bonds. The third-order valence-corrected chi connectivity index (χ3v) is 2.66. The van der Waals surface area contributed by atoms with Crippen LogP contribution in [0.2, 0.25) is 0 Å². The van der Waals surface area contributed by atoms with Gasteiger partial charge >= 0.3 is 4.32 Å². The Hall–Kier alpha value is -0.130. The first kappa shape index (κ1) is 6.00. The number of amides is 1. The van der Waals surface area contributed by atoms with E-state index in [0.29, 0.717) is 10.1 Å². The zero-order valence-electron chi connectivity index (χ0n) is 4.01. The second kappa shape index (κ2) is 2.00. The fourth-order valence-electron chi connectivity index (χ4n) is 0.422. The van der Waals surface area contributed by atoms with E-state index in [1.165, 1.54) is 0 Å². The molecule has 0 saturated carbocycles. The molecule has 1 unspecified atom stereocenters. The Balaban J connectivity index is 2.64. The number of hydrogen-bond acceptors (Lipinski definition) is 3. The van der Waals surface area contributed by atoms with Crippen LogP contribution in [0.5, 0.6) is 0 Å². The highest BCUT2D eigenvalue weighted by Crippen LogP contribution is 1.96. The van der Waals surface area contributed by atoms with Crippen LogP contribution in [-0.2, 0) is 15.9 Å². The molecule has 0 spiro atoms. The second-order valence-electron chi connectivity index (χ2n) is 1.41. The van der Waals surface area contributed by atoms with Crippen molar-refractivity contribution in [2.24, 2.45) is 5.14 Å². The average Bonchev–Trinajstić information content (AvgIpc) is 1.85. The molecule has 1 saturated heterocycles. The van der Waals surface area contributed by atoms with Gasteiger partial charge in [0.2, 0.25) is 5.75 Å². The predicted octanol–water partition coefficient (Wildman–Crippen LogP) is -1.11. The summed E-state index contributed by atoms with van der Waals surface area (Å²) in [4.78, 5) is 10.4. The van der Waals surface area contributed by atoms with Crippen molar-refractivity contribution in [1.29, 1.82) is 0 Å². The minimum absolute atomic E-state index is 0.0548. The minimum atomic E-state index is -0.477. The summed E-state index contributed by atoms with van der Waals surface area (Å²) in [5, 5.41) is 7.82. The van der Waals surface area contributed by atoms with Gasteiger partial charge in [0.1, 0.15) is 11.1 Å². The van der Waals surface area contributed by atoms with E-state index in [4.69, 9.17) is 5.14 Å². The molecule has 0 aromatic carbocycles. The van der Waals surface area contributed by atoms with Gasteiger partial charge in [0, 0.05) is 0 Å². The highest BCUT2D eigenvalue weighted by atomic mass is 32.2. The Labute approximate surface area is 55.1 Å². The summed E-state index contributed by atoms with van der Waals surface area (Å²) in [5.74, 6) is 0.319. The number of carbonyl (C=O) groups excluding carboxylic acids is 1. The Bertz CT molecular complexity index is 146. The van der Waals surface area contributed by atoms with E-state index in [9.17, 15) is 4.79 Å². The number of nitrogens with one attached hydrogen (secondary N) is 1. The molecular formula is C3H5N2OS2+. The second-order valence-corrected chi connectivity index (χ2v) is 3.63. The highest BCUT2D eigenvalue weighted by Gasteiger charge is 2.34. The standard InChI is InChI=1S/C3H4N2OS2/c4-8-1-2(6)5-3(8)7/h1,4H2/p+1. The highest BCUT2D eigenvalue weighted by molar-refractivity contribution is 8.20. The number of hydrogen-bond donors (Lipinski definition) is 2. The monoisotopic (exact) mass is 149 g/mol. The van der Waals surface area contributed by atoms with Gasteiger partial charge in [0.15, 0.2) is 0 Å². The van der Waals surface area contributed by atoms with Crippen molar-refractivity contribution in [2.45, 2.75) is 0 Å². The smallest absolute Gasteiger partial charge is 0.271 e. The van der Waals surface area contributed by atoms with Crippen LogP contribution in [0.4, 0.5) is 0 Å². The molecule has 0 aromatic heterocycles. The van der Waals surface area contributed by atoms with Crippen LogP contribution in [0.3, 0.4) is 0 Å². The molecule has 1 heterocycles. The maximum absolute atomic E-state index is 10.4. The average molecular weight is 149 g/mol. The number of nitrogens with two attached hydrogens (primary N) is 1. The summed E-state index contributed by atoms with van der Waals surface area (Å²) in [7, 11) is 0. The van der Waals surface area contributed by atoms with Crippen molar-refractivity contribution >= 4 is 33.5 Å². The van der Waals surface area contributed by atoms with Crippen molar-refractivity contribution in [3.63, 3.8) is 0 Å². The van der Waals surface area contributed by atoms with Crippen molar-refractivity contribution in [1.82, 2.24) is 5.32 Å². The zero-order valence-corrected chi connectivity index (χ0v) is 5.64. The summed E-state index contributed by atoms with van der Waals surface area (Å²) in [5.41, 5.74) is 0. The lowest BCUT2D eigenvalue weighted by molar-refractivity contribution is -0.116. The van der Waals surface area contributed by atoms with E-state index in [0.717, 1.165) is 0 Å².